The van der Waals surface area contributed by atoms with Crippen LogP contribution < -0.4 is 0 Å². The van der Waals surface area contributed by atoms with E-state index in [0.717, 1.165) is 16.2 Å². The number of aromatic nitrogens is 3. The number of nitrogens with zero attached hydrogens (tertiary/aromatic N) is 3. The van der Waals surface area contributed by atoms with E-state index in [1.54, 1.807) is 10.0 Å². The van der Waals surface area contributed by atoms with Gasteiger partial charge >= 0.3 is 0 Å². The summed E-state index contributed by atoms with van der Waals surface area (Å²) in [6, 6.07) is 1.82. The highest BCUT2D eigenvalue weighted by molar-refractivity contribution is 7.20. The topological polar surface area (TPSA) is 30.2 Å². The van der Waals surface area contributed by atoms with E-state index in [1.165, 1.54) is 22.7 Å². The van der Waals surface area contributed by atoms with Crippen LogP contribution in [0.25, 0.3) is 16.2 Å². The second-order valence-corrected chi connectivity index (χ2v) is 5.93. The van der Waals surface area contributed by atoms with Gasteiger partial charge in [0.15, 0.2) is 0 Å². The summed E-state index contributed by atoms with van der Waals surface area (Å²) in [4.78, 5) is 5.25. The van der Waals surface area contributed by atoms with Crippen molar-refractivity contribution in [3.05, 3.63) is 26.4 Å². The van der Waals surface area contributed by atoms with Crippen molar-refractivity contribution in [2.24, 2.45) is 0 Å². The Morgan fingerprint density at radius 2 is 2.20 bits per heavy atom. The van der Waals surface area contributed by atoms with Crippen molar-refractivity contribution in [2.75, 3.05) is 0 Å². The maximum atomic E-state index is 6.04. The number of rotatable bonds is 1. The first-order valence-corrected chi connectivity index (χ1v) is 6.43. The Morgan fingerprint density at radius 3 is 2.87 bits per heavy atom. The molecule has 0 aliphatic heterocycles. The second-order valence-electron chi connectivity index (χ2n) is 2.83. The zero-order chi connectivity index (χ0) is 10.4. The summed E-state index contributed by atoms with van der Waals surface area (Å²) < 4.78 is 3.05. The lowest BCUT2D eigenvalue weighted by atomic mass is 10.3. The molecule has 0 aromatic carbocycles. The van der Waals surface area contributed by atoms with Gasteiger partial charge in [-0.2, -0.15) is 5.10 Å². The Kier molecular flexibility index (Phi) is 2.21. The summed E-state index contributed by atoms with van der Waals surface area (Å²) in [7, 11) is 0. The van der Waals surface area contributed by atoms with E-state index < -0.39 is 0 Å². The molecule has 3 rings (SSSR count). The van der Waals surface area contributed by atoms with Crippen LogP contribution in [0.5, 0.6) is 0 Å². The second kappa shape index (κ2) is 3.45. The third kappa shape index (κ3) is 1.56. The Morgan fingerprint density at radius 1 is 1.33 bits per heavy atom. The van der Waals surface area contributed by atoms with Gasteiger partial charge in [-0.1, -0.05) is 34.5 Å². The van der Waals surface area contributed by atoms with Crippen molar-refractivity contribution in [2.45, 2.75) is 0 Å². The minimum atomic E-state index is 0.658. The van der Waals surface area contributed by atoms with Gasteiger partial charge in [-0.05, 0) is 6.07 Å². The molecule has 3 aromatic heterocycles. The normalized spacial score (nSPS) is 11.3. The summed E-state index contributed by atoms with van der Waals surface area (Å²) in [5.74, 6) is 0. The fourth-order valence-corrected chi connectivity index (χ4v) is 3.37. The Hall–Kier alpha value is -0.620. The molecule has 3 nitrogen and oxygen atoms in total. The molecule has 0 N–H and O–H groups in total. The van der Waals surface area contributed by atoms with Crippen LogP contribution in [-0.4, -0.2) is 14.6 Å². The molecule has 76 valence electrons. The first-order valence-electron chi connectivity index (χ1n) is 3.98. The van der Waals surface area contributed by atoms with Crippen molar-refractivity contribution in [3.8, 4) is 11.3 Å². The van der Waals surface area contributed by atoms with Gasteiger partial charge in [-0.3, -0.25) is 0 Å². The summed E-state index contributed by atoms with van der Waals surface area (Å²) in [6.45, 7) is 0. The van der Waals surface area contributed by atoms with E-state index in [9.17, 15) is 0 Å². The molecule has 0 spiro atoms. The molecule has 0 amide bonds. The zero-order valence-corrected chi connectivity index (χ0v) is 10.3. The van der Waals surface area contributed by atoms with Gasteiger partial charge in [0.1, 0.15) is 9.85 Å². The first-order chi connectivity index (χ1) is 7.24. The smallest absolute Gasteiger partial charge is 0.212 e. The van der Waals surface area contributed by atoms with Crippen molar-refractivity contribution < 1.29 is 0 Å². The van der Waals surface area contributed by atoms with Crippen molar-refractivity contribution in [3.63, 3.8) is 0 Å². The average molecular weight is 276 g/mol. The number of thiophene rings is 1. The maximum absolute atomic E-state index is 6.04. The highest BCUT2D eigenvalue weighted by atomic mass is 35.5. The van der Waals surface area contributed by atoms with Crippen LogP contribution in [0.15, 0.2) is 17.8 Å². The lowest BCUT2D eigenvalue weighted by Gasteiger charge is -1.89. The van der Waals surface area contributed by atoms with Gasteiger partial charge in [-0.15, -0.1) is 11.3 Å². The Balaban J connectivity index is 2.21. The molecule has 0 bridgehead atoms. The number of hydrogen-bond donors (Lipinski definition) is 0. The monoisotopic (exact) mass is 275 g/mol. The van der Waals surface area contributed by atoms with Crippen LogP contribution in [0, 0.1) is 0 Å². The molecule has 0 fully saturated rings. The molecular weight excluding hydrogens is 273 g/mol. The number of imidazole rings is 1. The molecule has 0 unspecified atom stereocenters. The van der Waals surface area contributed by atoms with E-state index in [-0.39, 0.29) is 0 Å². The third-order valence-corrected chi connectivity index (χ3v) is 4.10. The molecule has 0 saturated heterocycles. The molecule has 0 aliphatic rings. The zero-order valence-electron chi connectivity index (χ0n) is 7.15. The minimum Gasteiger partial charge on any atom is -0.217 e. The van der Waals surface area contributed by atoms with Gasteiger partial charge in [0.05, 0.1) is 16.2 Å². The lowest BCUT2D eigenvalue weighted by Crippen LogP contribution is -1.76. The summed E-state index contributed by atoms with van der Waals surface area (Å²) in [5, 5.41) is 4.10. The van der Waals surface area contributed by atoms with Gasteiger partial charge < -0.3 is 0 Å². The lowest BCUT2D eigenvalue weighted by molar-refractivity contribution is 0.974. The van der Waals surface area contributed by atoms with Gasteiger partial charge in [-0.25, -0.2) is 9.50 Å². The highest BCUT2D eigenvalue weighted by Gasteiger charge is 2.12. The molecule has 7 heteroatoms. The van der Waals surface area contributed by atoms with Crippen LogP contribution in [0.4, 0.5) is 0 Å². The van der Waals surface area contributed by atoms with Gasteiger partial charge in [0, 0.05) is 5.56 Å². The summed E-state index contributed by atoms with van der Waals surface area (Å²) in [5.41, 5.74) is 3.42. The molecule has 3 heterocycles. The molecule has 0 aliphatic carbocycles. The Bertz CT molecular complexity index is 596. The average Bonchev–Trinajstić information content (AvgIpc) is 2.77. The van der Waals surface area contributed by atoms with Gasteiger partial charge in [0.25, 0.3) is 0 Å². The fourth-order valence-electron chi connectivity index (χ4n) is 1.28. The van der Waals surface area contributed by atoms with E-state index in [2.05, 4.69) is 10.1 Å². The third-order valence-electron chi connectivity index (χ3n) is 1.92. The highest BCUT2D eigenvalue weighted by Crippen LogP contribution is 2.37. The standard InChI is InChI=1S/C8H3Cl2N3S2/c9-6-1-4(7(10)15-6)5-2-13-8(12-5)14-3-11-13/h1-3H. The van der Waals surface area contributed by atoms with Crippen LogP contribution in [0.3, 0.4) is 0 Å². The van der Waals surface area contributed by atoms with Gasteiger partial charge in [0.2, 0.25) is 4.96 Å². The molecule has 15 heavy (non-hydrogen) atoms. The molecular formula is C8H3Cl2N3S2. The van der Waals surface area contributed by atoms with E-state index in [1.807, 2.05) is 12.3 Å². The fraction of sp³-hybridized carbons (Fsp3) is 0. The SMILES string of the molecule is Clc1cc(-c2cn3ncsc3n2)c(Cl)s1. The summed E-state index contributed by atoms with van der Waals surface area (Å²) >= 11 is 14.7. The molecule has 3 aromatic rings. The largest absolute Gasteiger partial charge is 0.217 e. The first kappa shape index (κ1) is 9.59. The van der Waals surface area contributed by atoms with E-state index in [4.69, 9.17) is 23.2 Å². The van der Waals surface area contributed by atoms with Crippen LogP contribution >= 0.6 is 45.9 Å². The quantitative estimate of drug-likeness (QED) is 0.676. The van der Waals surface area contributed by atoms with E-state index in [0.29, 0.717) is 8.67 Å². The molecule has 0 atom stereocenters. The van der Waals surface area contributed by atoms with Crippen LogP contribution in [0.2, 0.25) is 8.67 Å². The molecule has 0 radical (unpaired) electrons. The Labute approximate surface area is 103 Å². The van der Waals surface area contributed by atoms with Crippen LogP contribution in [-0.2, 0) is 0 Å². The molecule has 0 saturated carbocycles. The van der Waals surface area contributed by atoms with Crippen molar-refractivity contribution in [1.82, 2.24) is 14.6 Å². The number of halogens is 2. The number of hydrogen-bond acceptors (Lipinski definition) is 4. The van der Waals surface area contributed by atoms with Crippen molar-refractivity contribution >= 4 is 50.8 Å². The minimum absolute atomic E-state index is 0.658. The number of fused-ring (bicyclic) bond motifs is 1. The predicted octanol–water partition coefficient (Wildman–Crippen LogP) is 3.83. The van der Waals surface area contributed by atoms with Crippen LogP contribution in [0.1, 0.15) is 0 Å². The van der Waals surface area contributed by atoms with E-state index >= 15 is 0 Å². The summed E-state index contributed by atoms with van der Waals surface area (Å²) in [6.07, 6.45) is 1.84. The predicted molar refractivity (Wildman–Crippen MR) is 64.2 cm³/mol. The van der Waals surface area contributed by atoms with Crippen molar-refractivity contribution in [1.29, 1.82) is 0 Å². The maximum Gasteiger partial charge on any atom is 0.212 e.